The molecule has 0 fully saturated rings. The molecular formula is C20H17BrN4. The van der Waals surface area contributed by atoms with E-state index in [4.69, 9.17) is 5.26 Å². The summed E-state index contributed by atoms with van der Waals surface area (Å²) in [6, 6.07) is 17.5. The molecule has 0 aliphatic rings. The minimum Gasteiger partial charge on any atom is -0.355 e. The molecule has 0 amide bonds. The van der Waals surface area contributed by atoms with Gasteiger partial charge in [0.2, 0.25) is 0 Å². The topological polar surface area (TPSA) is 60.7 Å². The van der Waals surface area contributed by atoms with Crippen molar-refractivity contribution in [2.24, 2.45) is 0 Å². The molecule has 3 aromatic rings. The highest BCUT2D eigenvalue weighted by molar-refractivity contribution is 9.10. The lowest BCUT2D eigenvalue weighted by Gasteiger charge is -2.14. The average molecular weight is 393 g/mol. The maximum absolute atomic E-state index is 8.86. The molecule has 0 atom stereocenters. The minimum absolute atomic E-state index is 0.634. The van der Waals surface area contributed by atoms with Gasteiger partial charge in [0.15, 0.2) is 0 Å². The molecule has 0 bridgehead atoms. The molecule has 0 aliphatic heterocycles. The number of pyridine rings is 1. The normalized spacial score (nSPS) is 10.2. The predicted octanol–water partition coefficient (Wildman–Crippen LogP) is 5.82. The zero-order valence-electron chi connectivity index (χ0n) is 14.0. The number of nitrogens with one attached hydrogen (secondary N) is 2. The first kappa shape index (κ1) is 17.0. The number of benzene rings is 2. The van der Waals surface area contributed by atoms with Gasteiger partial charge < -0.3 is 10.6 Å². The Morgan fingerprint density at radius 1 is 0.920 bits per heavy atom. The van der Waals surface area contributed by atoms with Crippen LogP contribution >= 0.6 is 15.9 Å². The lowest BCUT2D eigenvalue weighted by atomic mass is 10.1. The summed E-state index contributed by atoms with van der Waals surface area (Å²) in [6.07, 6.45) is 1.76. The first-order valence-corrected chi connectivity index (χ1v) is 8.61. The van der Waals surface area contributed by atoms with Crippen LogP contribution in [0.3, 0.4) is 0 Å². The molecule has 25 heavy (non-hydrogen) atoms. The maximum Gasteiger partial charge on any atom is 0.132 e. The Labute approximate surface area is 155 Å². The molecule has 2 aromatic carbocycles. The van der Waals surface area contributed by atoms with Crippen molar-refractivity contribution in [1.29, 1.82) is 5.26 Å². The van der Waals surface area contributed by atoms with E-state index < -0.39 is 0 Å². The van der Waals surface area contributed by atoms with Gasteiger partial charge in [0.25, 0.3) is 0 Å². The fourth-order valence-corrected chi connectivity index (χ4v) is 3.29. The molecule has 5 heteroatoms. The van der Waals surface area contributed by atoms with E-state index in [9.17, 15) is 0 Å². The van der Waals surface area contributed by atoms with Gasteiger partial charge in [-0.1, -0.05) is 15.9 Å². The Kier molecular flexibility index (Phi) is 5.01. The van der Waals surface area contributed by atoms with Crippen LogP contribution in [0.4, 0.5) is 22.9 Å². The molecule has 0 aliphatic carbocycles. The smallest absolute Gasteiger partial charge is 0.132 e. The standard InChI is InChI=1S/C20H17BrN4/c1-13-9-16(21)10-14(2)20(13)25-18-7-8-23-19(11-18)24-17-5-3-15(12-22)4-6-17/h3-11H,1-2H3,(H2,23,24,25). The van der Waals surface area contributed by atoms with Gasteiger partial charge >= 0.3 is 0 Å². The van der Waals surface area contributed by atoms with E-state index in [0.717, 1.165) is 27.4 Å². The molecule has 2 N–H and O–H groups in total. The first-order valence-electron chi connectivity index (χ1n) is 7.82. The van der Waals surface area contributed by atoms with Crippen LogP contribution in [-0.4, -0.2) is 4.98 Å². The SMILES string of the molecule is Cc1cc(Br)cc(C)c1Nc1ccnc(Nc2ccc(C#N)cc2)c1. The summed E-state index contributed by atoms with van der Waals surface area (Å²) in [5.41, 5.74) is 5.92. The van der Waals surface area contributed by atoms with Crippen molar-refractivity contribution in [1.82, 2.24) is 4.98 Å². The molecule has 1 heterocycles. The second-order valence-electron chi connectivity index (χ2n) is 5.78. The number of nitrogens with zero attached hydrogens (tertiary/aromatic N) is 2. The summed E-state index contributed by atoms with van der Waals surface area (Å²) < 4.78 is 1.07. The number of aryl methyl sites for hydroxylation is 2. The predicted molar refractivity (Wildman–Crippen MR) is 106 cm³/mol. The Morgan fingerprint density at radius 2 is 1.60 bits per heavy atom. The molecular weight excluding hydrogens is 376 g/mol. The highest BCUT2D eigenvalue weighted by Crippen LogP contribution is 2.29. The molecule has 0 unspecified atom stereocenters. The van der Waals surface area contributed by atoms with Crippen LogP contribution in [0, 0.1) is 25.2 Å². The summed E-state index contributed by atoms with van der Waals surface area (Å²) in [5.74, 6) is 0.738. The summed E-state index contributed by atoms with van der Waals surface area (Å²) in [6.45, 7) is 4.16. The van der Waals surface area contributed by atoms with Crippen molar-refractivity contribution in [3.8, 4) is 6.07 Å². The van der Waals surface area contributed by atoms with Gasteiger partial charge in [0, 0.05) is 33.8 Å². The van der Waals surface area contributed by atoms with Crippen molar-refractivity contribution >= 4 is 38.8 Å². The fraction of sp³-hybridized carbons (Fsp3) is 0.100. The van der Waals surface area contributed by atoms with Crippen LogP contribution in [-0.2, 0) is 0 Å². The van der Waals surface area contributed by atoms with Gasteiger partial charge in [0.05, 0.1) is 11.6 Å². The maximum atomic E-state index is 8.86. The van der Waals surface area contributed by atoms with E-state index in [1.54, 1.807) is 18.3 Å². The molecule has 4 nitrogen and oxygen atoms in total. The summed E-state index contributed by atoms with van der Waals surface area (Å²) in [5, 5.41) is 15.6. The zero-order chi connectivity index (χ0) is 17.8. The van der Waals surface area contributed by atoms with Crippen molar-refractivity contribution in [2.75, 3.05) is 10.6 Å². The molecule has 1 aromatic heterocycles. The first-order chi connectivity index (χ1) is 12.0. The van der Waals surface area contributed by atoms with E-state index in [-0.39, 0.29) is 0 Å². The van der Waals surface area contributed by atoms with Crippen LogP contribution in [0.5, 0.6) is 0 Å². The van der Waals surface area contributed by atoms with Gasteiger partial charge in [-0.15, -0.1) is 0 Å². The lowest BCUT2D eigenvalue weighted by molar-refractivity contribution is 1.29. The third-order valence-corrected chi connectivity index (χ3v) is 4.27. The Hall–Kier alpha value is -2.84. The average Bonchev–Trinajstić information content (AvgIpc) is 2.59. The van der Waals surface area contributed by atoms with Crippen LogP contribution in [0.2, 0.25) is 0 Å². The van der Waals surface area contributed by atoms with E-state index in [0.29, 0.717) is 5.56 Å². The minimum atomic E-state index is 0.634. The summed E-state index contributed by atoms with van der Waals surface area (Å²) >= 11 is 3.52. The molecule has 124 valence electrons. The van der Waals surface area contributed by atoms with E-state index in [1.165, 1.54) is 11.1 Å². The summed E-state index contributed by atoms with van der Waals surface area (Å²) in [7, 11) is 0. The second-order valence-corrected chi connectivity index (χ2v) is 6.70. The lowest BCUT2D eigenvalue weighted by Crippen LogP contribution is -1.99. The molecule has 0 saturated heterocycles. The third-order valence-electron chi connectivity index (χ3n) is 3.81. The van der Waals surface area contributed by atoms with Gasteiger partial charge in [-0.2, -0.15) is 5.26 Å². The van der Waals surface area contributed by atoms with E-state index in [2.05, 4.69) is 63.6 Å². The number of anilines is 4. The highest BCUT2D eigenvalue weighted by atomic mass is 79.9. The Bertz CT molecular complexity index is 920. The molecule has 0 spiro atoms. The fourth-order valence-electron chi connectivity index (χ4n) is 2.60. The summed E-state index contributed by atoms with van der Waals surface area (Å²) in [4.78, 5) is 4.35. The quantitative estimate of drug-likeness (QED) is 0.586. The molecule has 3 rings (SSSR count). The molecule has 0 saturated carbocycles. The largest absolute Gasteiger partial charge is 0.355 e. The monoisotopic (exact) mass is 392 g/mol. The number of nitriles is 1. The zero-order valence-corrected chi connectivity index (χ0v) is 15.6. The Balaban J connectivity index is 1.81. The van der Waals surface area contributed by atoms with Crippen LogP contribution < -0.4 is 10.6 Å². The number of rotatable bonds is 4. The van der Waals surface area contributed by atoms with Gasteiger partial charge in [0.1, 0.15) is 5.82 Å². The van der Waals surface area contributed by atoms with Crippen LogP contribution in [0.1, 0.15) is 16.7 Å². The van der Waals surface area contributed by atoms with Crippen molar-refractivity contribution in [3.05, 3.63) is 75.9 Å². The van der Waals surface area contributed by atoms with Crippen LogP contribution in [0.15, 0.2) is 59.2 Å². The number of hydrogen-bond donors (Lipinski definition) is 2. The highest BCUT2D eigenvalue weighted by Gasteiger charge is 2.06. The van der Waals surface area contributed by atoms with Gasteiger partial charge in [-0.05, 0) is 67.4 Å². The van der Waals surface area contributed by atoms with Gasteiger partial charge in [-0.25, -0.2) is 4.98 Å². The Morgan fingerprint density at radius 3 is 2.24 bits per heavy atom. The van der Waals surface area contributed by atoms with Crippen molar-refractivity contribution in [2.45, 2.75) is 13.8 Å². The van der Waals surface area contributed by atoms with Gasteiger partial charge in [-0.3, -0.25) is 0 Å². The van der Waals surface area contributed by atoms with Crippen molar-refractivity contribution < 1.29 is 0 Å². The van der Waals surface area contributed by atoms with Crippen LogP contribution in [0.25, 0.3) is 0 Å². The number of hydrogen-bond acceptors (Lipinski definition) is 4. The molecule has 0 radical (unpaired) electrons. The number of halogens is 1. The second kappa shape index (κ2) is 7.37. The van der Waals surface area contributed by atoms with E-state index in [1.807, 2.05) is 24.3 Å². The third kappa shape index (κ3) is 4.17. The van der Waals surface area contributed by atoms with Crippen molar-refractivity contribution in [3.63, 3.8) is 0 Å². The number of aromatic nitrogens is 1. The van der Waals surface area contributed by atoms with E-state index >= 15 is 0 Å².